The predicted molar refractivity (Wildman–Crippen MR) is 139 cm³/mol. The lowest BCUT2D eigenvalue weighted by molar-refractivity contribution is -0.270. The summed E-state index contributed by atoms with van der Waals surface area (Å²) < 4.78 is 0.974. The van der Waals surface area contributed by atoms with Gasteiger partial charge >= 0.3 is 0 Å². The molecule has 0 aromatic heterocycles. The lowest BCUT2D eigenvalue weighted by Crippen LogP contribution is -2.32. The molecule has 0 atom stereocenters. The molecule has 4 rings (SSSR count). The zero-order valence-corrected chi connectivity index (χ0v) is 20.7. The van der Waals surface area contributed by atoms with Gasteiger partial charge in [0.2, 0.25) is 0 Å². The van der Waals surface area contributed by atoms with Crippen LogP contribution in [-0.4, -0.2) is 6.16 Å². The topological polar surface area (TPSA) is 23.1 Å². The standard InChI is InChI=1S/C20H20P.C8H9BrO/c1-2-21(18-12-6-3-7-13-18,19-14-8-4-9-15-19)20-16-10-5-11-17-20;1-5-3-7(9)4-6(2)8(5)10/h3-17H,2H2,1H3;3-4,10H,1-2H3/q+1;/p-1. The van der Waals surface area contributed by atoms with Crippen molar-refractivity contribution in [3.63, 3.8) is 0 Å². The van der Waals surface area contributed by atoms with Gasteiger partial charge in [0.15, 0.2) is 0 Å². The molecule has 31 heavy (non-hydrogen) atoms. The molecule has 1 nitrogen and oxygen atoms in total. The minimum absolute atomic E-state index is 0.142. The summed E-state index contributed by atoms with van der Waals surface area (Å²) in [5, 5.41) is 15.5. The minimum atomic E-state index is -1.53. The summed E-state index contributed by atoms with van der Waals surface area (Å²) in [6.45, 7) is 5.96. The van der Waals surface area contributed by atoms with Crippen LogP contribution < -0.4 is 21.0 Å². The summed E-state index contributed by atoms with van der Waals surface area (Å²) >= 11 is 3.31. The lowest BCUT2D eigenvalue weighted by Gasteiger charge is -2.26. The number of benzene rings is 4. The van der Waals surface area contributed by atoms with E-state index < -0.39 is 7.26 Å². The number of aryl methyl sites for hydroxylation is 2. The van der Waals surface area contributed by atoms with Crippen molar-refractivity contribution in [2.24, 2.45) is 0 Å². The first-order valence-corrected chi connectivity index (χ1v) is 13.2. The third-order valence-electron chi connectivity index (χ3n) is 5.49. The Morgan fingerprint density at radius 3 is 1.26 bits per heavy atom. The number of hydrogen-bond donors (Lipinski definition) is 0. The highest BCUT2D eigenvalue weighted by atomic mass is 79.9. The second-order valence-electron chi connectivity index (χ2n) is 7.50. The fourth-order valence-corrected chi connectivity index (χ4v) is 8.66. The molecule has 4 aromatic rings. The molecule has 0 unspecified atom stereocenters. The number of hydrogen-bond acceptors (Lipinski definition) is 1. The van der Waals surface area contributed by atoms with Crippen LogP contribution in [-0.2, 0) is 0 Å². The van der Waals surface area contributed by atoms with E-state index in [0.717, 1.165) is 21.8 Å². The highest BCUT2D eigenvalue weighted by Gasteiger charge is 2.43. The molecule has 0 aliphatic heterocycles. The summed E-state index contributed by atoms with van der Waals surface area (Å²) in [5.41, 5.74) is 1.60. The molecular weight excluding hydrogens is 463 g/mol. The molecular formula is C28H28BrOP. The second-order valence-corrected chi connectivity index (χ2v) is 12.2. The van der Waals surface area contributed by atoms with E-state index >= 15 is 0 Å². The molecule has 0 amide bonds. The maximum absolute atomic E-state index is 11.1. The monoisotopic (exact) mass is 490 g/mol. The third kappa shape index (κ3) is 5.26. The zero-order chi connectivity index (χ0) is 22.3. The van der Waals surface area contributed by atoms with Gasteiger partial charge in [-0.25, -0.2) is 0 Å². The van der Waals surface area contributed by atoms with Crippen molar-refractivity contribution in [2.75, 3.05) is 6.16 Å². The van der Waals surface area contributed by atoms with Crippen molar-refractivity contribution in [1.29, 1.82) is 0 Å². The van der Waals surface area contributed by atoms with Crippen LogP contribution in [0.2, 0.25) is 0 Å². The predicted octanol–water partition coefficient (Wildman–Crippen LogP) is 6.14. The molecule has 0 aliphatic carbocycles. The third-order valence-corrected chi connectivity index (χ3v) is 10.4. The molecule has 0 aliphatic rings. The second kappa shape index (κ2) is 10.8. The van der Waals surface area contributed by atoms with Crippen LogP contribution in [0, 0.1) is 13.8 Å². The maximum atomic E-state index is 11.1. The van der Waals surface area contributed by atoms with Gasteiger partial charge in [-0.15, -0.1) is 5.75 Å². The molecule has 158 valence electrons. The Labute approximate surface area is 195 Å². The van der Waals surface area contributed by atoms with E-state index in [-0.39, 0.29) is 5.75 Å². The van der Waals surface area contributed by atoms with Crippen LogP contribution >= 0.6 is 23.2 Å². The Hall–Kier alpha value is -2.41. The van der Waals surface area contributed by atoms with Gasteiger partial charge < -0.3 is 5.11 Å². The van der Waals surface area contributed by atoms with Crippen LogP contribution in [0.5, 0.6) is 5.75 Å². The molecule has 3 heteroatoms. The highest BCUT2D eigenvalue weighted by molar-refractivity contribution is 9.10. The Bertz CT molecular complexity index is 976. The van der Waals surface area contributed by atoms with E-state index in [0.29, 0.717) is 0 Å². The van der Waals surface area contributed by atoms with E-state index in [1.165, 1.54) is 15.9 Å². The van der Waals surface area contributed by atoms with Crippen LogP contribution in [0.1, 0.15) is 18.1 Å². The van der Waals surface area contributed by atoms with E-state index in [9.17, 15) is 5.11 Å². The Morgan fingerprint density at radius 2 is 0.968 bits per heavy atom. The average Bonchev–Trinajstić information content (AvgIpc) is 2.81. The maximum Gasteiger partial charge on any atom is 0.111 e. The first kappa shape index (κ1) is 23.3. The van der Waals surface area contributed by atoms with Crippen molar-refractivity contribution in [3.8, 4) is 5.75 Å². The normalized spacial score (nSPS) is 10.8. The summed E-state index contributed by atoms with van der Waals surface area (Å²) in [6, 6.07) is 36.6. The number of halogens is 1. The summed E-state index contributed by atoms with van der Waals surface area (Å²) in [7, 11) is -1.53. The molecule has 0 spiro atoms. The average molecular weight is 491 g/mol. The largest absolute Gasteiger partial charge is 0.872 e. The van der Waals surface area contributed by atoms with Crippen molar-refractivity contribution < 1.29 is 5.11 Å². The van der Waals surface area contributed by atoms with Crippen LogP contribution in [0.25, 0.3) is 0 Å². The Morgan fingerprint density at radius 1 is 0.645 bits per heavy atom. The quantitative estimate of drug-likeness (QED) is 0.315. The van der Waals surface area contributed by atoms with Gasteiger partial charge in [-0.05, 0) is 69.3 Å². The van der Waals surface area contributed by atoms with Gasteiger partial charge in [-0.2, -0.15) is 0 Å². The lowest BCUT2D eigenvalue weighted by atomic mass is 10.1. The molecule has 4 aromatic carbocycles. The van der Waals surface area contributed by atoms with Crippen molar-refractivity contribution in [1.82, 2.24) is 0 Å². The highest BCUT2D eigenvalue weighted by Crippen LogP contribution is 2.54. The summed E-state index contributed by atoms with van der Waals surface area (Å²) in [5.74, 6) is 0.142. The van der Waals surface area contributed by atoms with Gasteiger partial charge in [0.1, 0.15) is 23.2 Å². The minimum Gasteiger partial charge on any atom is -0.872 e. The van der Waals surface area contributed by atoms with Gasteiger partial charge in [0.05, 0.1) is 6.16 Å². The van der Waals surface area contributed by atoms with Crippen molar-refractivity contribution in [2.45, 2.75) is 20.8 Å². The summed E-state index contributed by atoms with van der Waals surface area (Å²) in [4.78, 5) is 0. The summed E-state index contributed by atoms with van der Waals surface area (Å²) in [6.07, 6.45) is 1.14. The van der Waals surface area contributed by atoms with E-state index in [1.807, 2.05) is 26.0 Å². The zero-order valence-electron chi connectivity index (χ0n) is 18.3. The molecule has 0 heterocycles. The molecule has 0 saturated heterocycles. The Kier molecular flexibility index (Phi) is 8.07. The van der Waals surface area contributed by atoms with Gasteiger partial charge in [0, 0.05) is 4.47 Å². The van der Waals surface area contributed by atoms with E-state index in [4.69, 9.17) is 0 Å². The fraction of sp³-hybridized carbons (Fsp3) is 0.143. The van der Waals surface area contributed by atoms with Crippen LogP contribution in [0.4, 0.5) is 0 Å². The van der Waals surface area contributed by atoms with Gasteiger partial charge in [-0.3, -0.25) is 0 Å². The van der Waals surface area contributed by atoms with Crippen LogP contribution in [0.3, 0.4) is 0 Å². The van der Waals surface area contributed by atoms with Crippen molar-refractivity contribution >= 4 is 39.1 Å². The Balaban J connectivity index is 0.000000229. The first-order valence-electron chi connectivity index (χ1n) is 10.5. The smallest absolute Gasteiger partial charge is 0.111 e. The molecule has 0 radical (unpaired) electrons. The molecule has 0 saturated carbocycles. The fourth-order valence-electron chi connectivity index (χ4n) is 3.94. The van der Waals surface area contributed by atoms with E-state index in [1.54, 1.807) is 0 Å². The van der Waals surface area contributed by atoms with Crippen molar-refractivity contribution in [3.05, 3.63) is 119 Å². The molecule has 0 bridgehead atoms. The van der Waals surface area contributed by atoms with Gasteiger partial charge in [-0.1, -0.05) is 81.7 Å². The molecule has 0 fully saturated rings. The van der Waals surface area contributed by atoms with E-state index in [2.05, 4.69) is 114 Å². The SMILES string of the molecule is CC[P+](c1ccccc1)(c1ccccc1)c1ccccc1.Cc1cc(Br)cc(C)c1[O-]. The number of rotatable bonds is 4. The van der Waals surface area contributed by atoms with Crippen LogP contribution in [0.15, 0.2) is 108 Å². The first-order chi connectivity index (χ1) is 15.0. The van der Waals surface area contributed by atoms with Gasteiger partial charge in [0.25, 0.3) is 0 Å². The molecule has 0 N–H and O–H groups in total.